The summed E-state index contributed by atoms with van der Waals surface area (Å²) in [5.74, 6) is 2.18. The van der Waals surface area contributed by atoms with Crippen molar-refractivity contribution in [2.75, 3.05) is 32.4 Å². The summed E-state index contributed by atoms with van der Waals surface area (Å²) >= 11 is 3.76. The van der Waals surface area contributed by atoms with Gasteiger partial charge in [-0.05, 0) is 20.8 Å². The van der Waals surface area contributed by atoms with Gasteiger partial charge in [0.2, 0.25) is 0 Å². The summed E-state index contributed by atoms with van der Waals surface area (Å²) in [7, 11) is 1.87. The van der Waals surface area contributed by atoms with E-state index < -0.39 is 0 Å². The van der Waals surface area contributed by atoms with Crippen molar-refractivity contribution >= 4 is 53.0 Å². The van der Waals surface area contributed by atoms with Crippen LogP contribution in [-0.2, 0) is 6.42 Å². The van der Waals surface area contributed by atoms with Crippen LogP contribution in [0.15, 0.2) is 10.4 Å². The smallest absolute Gasteiger partial charge is 0.193 e. The van der Waals surface area contributed by atoms with E-state index in [0.29, 0.717) is 4.75 Å². The van der Waals surface area contributed by atoms with Crippen LogP contribution in [0.1, 0.15) is 24.5 Å². The molecule has 0 spiro atoms. The first-order valence-corrected chi connectivity index (χ1v) is 8.87. The largest absolute Gasteiger partial charge is 0.356 e. The Hall–Kier alpha value is -0.0200. The van der Waals surface area contributed by atoms with E-state index >= 15 is 0 Å². The minimum atomic E-state index is 0. The number of rotatable bonds is 3. The SMILES string of the molecule is CN=C(NCCc1csc(C)n1)N1CCSC(C)(C)C1.I. The second-order valence-corrected chi connectivity index (χ2v) is 8.48. The van der Waals surface area contributed by atoms with E-state index in [9.17, 15) is 0 Å². The van der Waals surface area contributed by atoms with E-state index in [-0.39, 0.29) is 24.0 Å². The molecule has 1 aromatic heterocycles. The Morgan fingerprint density at radius 1 is 1.52 bits per heavy atom. The Morgan fingerprint density at radius 3 is 2.86 bits per heavy atom. The lowest BCUT2D eigenvalue weighted by atomic mass is 10.2. The van der Waals surface area contributed by atoms with Gasteiger partial charge in [-0.1, -0.05) is 0 Å². The van der Waals surface area contributed by atoms with Crippen LogP contribution in [0, 0.1) is 6.92 Å². The van der Waals surface area contributed by atoms with Crippen LogP contribution in [0.25, 0.3) is 0 Å². The molecular formula is C14H25IN4S2. The molecule has 1 aliphatic heterocycles. The Kier molecular flexibility index (Phi) is 7.77. The van der Waals surface area contributed by atoms with Gasteiger partial charge in [-0.2, -0.15) is 11.8 Å². The maximum atomic E-state index is 4.49. The molecule has 0 unspecified atom stereocenters. The van der Waals surface area contributed by atoms with Crippen molar-refractivity contribution in [1.29, 1.82) is 0 Å². The number of hydrogen-bond donors (Lipinski definition) is 1. The zero-order chi connectivity index (χ0) is 14.6. The maximum absolute atomic E-state index is 4.49. The standard InChI is InChI=1S/C14H24N4S2.HI/c1-11-17-12(9-19-11)5-6-16-13(15-4)18-7-8-20-14(2,3)10-18;/h9H,5-8,10H2,1-4H3,(H,15,16);1H. The molecule has 0 aliphatic carbocycles. The number of nitrogens with zero attached hydrogens (tertiary/aromatic N) is 3. The van der Waals surface area contributed by atoms with E-state index in [0.717, 1.165) is 37.0 Å². The molecule has 1 saturated heterocycles. The fourth-order valence-electron chi connectivity index (χ4n) is 2.35. The van der Waals surface area contributed by atoms with Crippen molar-refractivity contribution in [3.8, 4) is 0 Å². The molecule has 21 heavy (non-hydrogen) atoms. The van der Waals surface area contributed by atoms with Crippen LogP contribution in [0.3, 0.4) is 0 Å². The van der Waals surface area contributed by atoms with Crippen molar-refractivity contribution in [3.63, 3.8) is 0 Å². The quantitative estimate of drug-likeness (QED) is 0.446. The van der Waals surface area contributed by atoms with Gasteiger partial charge in [0, 0.05) is 49.0 Å². The van der Waals surface area contributed by atoms with Gasteiger partial charge in [0.1, 0.15) is 0 Å². The number of aliphatic imine (C=N–C) groups is 1. The molecule has 0 amide bonds. The number of halogens is 1. The van der Waals surface area contributed by atoms with E-state index in [1.54, 1.807) is 11.3 Å². The van der Waals surface area contributed by atoms with Crippen LogP contribution < -0.4 is 5.32 Å². The summed E-state index contributed by atoms with van der Waals surface area (Å²) in [4.78, 5) is 11.3. The van der Waals surface area contributed by atoms with Gasteiger partial charge in [-0.15, -0.1) is 35.3 Å². The minimum Gasteiger partial charge on any atom is -0.356 e. The molecule has 1 N–H and O–H groups in total. The molecule has 0 atom stereocenters. The molecular weight excluding hydrogens is 415 g/mol. The monoisotopic (exact) mass is 440 g/mol. The van der Waals surface area contributed by atoms with Crippen molar-refractivity contribution in [2.45, 2.75) is 31.9 Å². The molecule has 0 saturated carbocycles. The van der Waals surface area contributed by atoms with Crippen LogP contribution in [0.2, 0.25) is 0 Å². The number of thioether (sulfide) groups is 1. The molecule has 1 aromatic rings. The summed E-state index contributed by atoms with van der Waals surface area (Å²) < 4.78 is 0.307. The second kappa shape index (κ2) is 8.57. The van der Waals surface area contributed by atoms with Gasteiger partial charge >= 0.3 is 0 Å². The van der Waals surface area contributed by atoms with Gasteiger partial charge in [0.05, 0.1) is 10.7 Å². The molecule has 4 nitrogen and oxygen atoms in total. The van der Waals surface area contributed by atoms with E-state index in [4.69, 9.17) is 0 Å². The molecule has 2 heterocycles. The van der Waals surface area contributed by atoms with Gasteiger partial charge in [0.15, 0.2) is 5.96 Å². The lowest BCUT2D eigenvalue weighted by Gasteiger charge is -2.39. The summed E-state index contributed by atoms with van der Waals surface area (Å²) in [5.41, 5.74) is 1.17. The molecule has 120 valence electrons. The van der Waals surface area contributed by atoms with Crippen molar-refractivity contribution in [1.82, 2.24) is 15.2 Å². The maximum Gasteiger partial charge on any atom is 0.193 e. The van der Waals surface area contributed by atoms with Gasteiger partial charge in [-0.25, -0.2) is 4.98 Å². The fourth-order valence-corrected chi connectivity index (χ4v) is 4.11. The van der Waals surface area contributed by atoms with Crippen molar-refractivity contribution in [2.24, 2.45) is 4.99 Å². The van der Waals surface area contributed by atoms with Crippen LogP contribution in [-0.4, -0.2) is 53.0 Å². The predicted molar refractivity (Wildman–Crippen MR) is 105 cm³/mol. The highest BCUT2D eigenvalue weighted by atomic mass is 127. The summed E-state index contributed by atoms with van der Waals surface area (Å²) in [6, 6.07) is 0. The van der Waals surface area contributed by atoms with Crippen molar-refractivity contribution < 1.29 is 0 Å². The normalized spacial score (nSPS) is 18.3. The highest BCUT2D eigenvalue weighted by Gasteiger charge is 2.28. The third kappa shape index (κ3) is 5.94. The van der Waals surface area contributed by atoms with Crippen LogP contribution in [0.5, 0.6) is 0 Å². The molecule has 0 bridgehead atoms. The number of hydrogen-bond acceptors (Lipinski definition) is 4. The molecule has 2 rings (SSSR count). The summed E-state index contributed by atoms with van der Waals surface area (Å²) in [6.07, 6.45) is 0.954. The molecule has 1 aliphatic rings. The molecule has 0 radical (unpaired) electrons. The first kappa shape index (κ1) is 19.0. The fraction of sp³-hybridized carbons (Fsp3) is 0.714. The number of thiazole rings is 1. The molecule has 7 heteroatoms. The molecule has 0 aromatic carbocycles. The average Bonchev–Trinajstić information content (AvgIpc) is 2.79. The lowest BCUT2D eigenvalue weighted by molar-refractivity contribution is 0.376. The lowest BCUT2D eigenvalue weighted by Crippen LogP contribution is -2.51. The van der Waals surface area contributed by atoms with E-state index in [1.165, 1.54) is 11.4 Å². The minimum absolute atomic E-state index is 0. The number of aryl methyl sites for hydroxylation is 1. The Labute approximate surface area is 153 Å². The molecule has 1 fully saturated rings. The number of guanidine groups is 1. The van der Waals surface area contributed by atoms with E-state index in [1.807, 2.05) is 25.7 Å². The zero-order valence-corrected chi connectivity index (χ0v) is 17.1. The van der Waals surface area contributed by atoms with Gasteiger partial charge in [-0.3, -0.25) is 4.99 Å². The number of aromatic nitrogens is 1. The summed E-state index contributed by atoms with van der Waals surface area (Å²) in [5, 5.41) is 6.74. The van der Waals surface area contributed by atoms with Crippen LogP contribution in [0.4, 0.5) is 0 Å². The Morgan fingerprint density at radius 2 is 2.29 bits per heavy atom. The second-order valence-electron chi connectivity index (χ2n) is 5.61. The highest BCUT2D eigenvalue weighted by molar-refractivity contribution is 14.0. The topological polar surface area (TPSA) is 40.5 Å². The van der Waals surface area contributed by atoms with Crippen LogP contribution >= 0.6 is 47.1 Å². The van der Waals surface area contributed by atoms with E-state index in [2.05, 4.69) is 39.4 Å². The average molecular weight is 440 g/mol. The Bertz CT molecular complexity index is 473. The summed E-state index contributed by atoms with van der Waals surface area (Å²) in [6.45, 7) is 9.66. The Balaban J connectivity index is 0.00000220. The zero-order valence-electron chi connectivity index (χ0n) is 13.2. The third-order valence-corrected chi connectivity index (χ3v) is 5.39. The van der Waals surface area contributed by atoms with Gasteiger partial charge < -0.3 is 10.2 Å². The predicted octanol–water partition coefficient (Wildman–Crippen LogP) is 3.01. The first-order valence-electron chi connectivity index (χ1n) is 7.01. The highest BCUT2D eigenvalue weighted by Crippen LogP contribution is 2.29. The first-order chi connectivity index (χ1) is 9.50. The number of nitrogens with one attached hydrogen (secondary N) is 1. The van der Waals surface area contributed by atoms with Gasteiger partial charge in [0.25, 0.3) is 0 Å². The van der Waals surface area contributed by atoms with Crippen molar-refractivity contribution in [3.05, 3.63) is 16.1 Å². The third-order valence-electron chi connectivity index (χ3n) is 3.27.